The maximum Gasteiger partial charge on any atom is 0.338 e. The summed E-state index contributed by atoms with van der Waals surface area (Å²) in [6, 6.07) is 7.36. The van der Waals surface area contributed by atoms with E-state index in [0.717, 1.165) is 5.56 Å². The number of nitrogens with zero attached hydrogens (tertiary/aromatic N) is 1. The minimum Gasteiger partial charge on any atom is -0.459 e. The lowest BCUT2D eigenvalue weighted by Gasteiger charge is -2.26. The number of esters is 1. The van der Waals surface area contributed by atoms with Crippen LogP contribution in [0.15, 0.2) is 41.0 Å². The topological polar surface area (TPSA) is 123 Å². The second kappa shape index (κ2) is 9.34. The van der Waals surface area contributed by atoms with Gasteiger partial charge in [-0.25, -0.2) is 13.2 Å². The van der Waals surface area contributed by atoms with E-state index in [-0.39, 0.29) is 22.8 Å². The number of amides is 2. The van der Waals surface area contributed by atoms with Crippen LogP contribution in [-0.2, 0) is 19.4 Å². The monoisotopic (exact) mass is 448 g/mol. The minimum absolute atomic E-state index is 0.0527. The number of likely N-dealkylation sites (N-methyl/N-ethyl adjacent to an activating group) is 1. The Hall–Kier alpha value is -3.14. The standard InChI is InChI=1S/C21H24N2O7S/c1-3-23(16-8-10-31(27,28)13-16)19(24)12-30-21(26)15-7-6-14(2)17(11-15)22-20(25)18-5-4-9-29-18/h4-7,9,11,16H,3,8,10,12-13H2,1-2H3,(H,22,25). The van der Waals surface area contributed by atoms with Gasteiger partial charge in [-0.2, -0.15) is 0 Å². The Balaban J connectivity index is 1.62. The van der Waals surface area contributed by atoms with Crippen molar-refractivity contribution in [2.24, 2.45) is 0 Å². The highest BCUT2D eigenvalue weighted by atomic mass is 32.2. The lowest BCUT2D eigenvalue weighted by Crippen LogP contribution is -2.43. The fourth-order valence-corrected chi connectivity index (χ4v) is 5.16. The highest BCUT2D eigenvalue weighted by Gasteiger charge is 2.34. The summed E-state index contributed by atoms with van der Waals surface area (Å²) in [5.41, 5.74) is 1.31. The molecule has 31 heavy (non-hydrogen) atoms. The molecule has 0 bridgehead atoms. The molecule has 1 unspecified atom stereocenters. The van der Waals surface area contributed by atoms with Gasteiger partial charge in [0.05, 0.1) is 23.3 Å². The van der Waals surface area contributed by atoms with Gasteiger partial charge in [-0.15, -0.1) is 0 Å². The number of rotatable bonds is 7. The third-order valence-corrected chi connectivity index (χ3v) is 6.85. The average molecular weight is 448 g/mol. The quantitative estimate of drug-likeness (QED) is 0.643. The van der Waals surface area contributed by atoms with Crippen LogP contribution in [0.25, 0.3) is 0 Å². The van der Waals surface area contributed by atoms with Crippen LogP contribution in [-0.4, -0.2) is 61.8 Å². The Morgan fingerprint density at radius 2 is 2.03 bits per heavy atom. The summed E-state index contributed by atoms with van der Waals surface area (Å²) in [7, 11) is -3.14. The molecule has 1 N–H and O–H groups in total. The Morgan fingerprint density at radius 3 is 2.65 bits per heavy atom. The fourth-order valence-electron chi connectivity index (χ4n) is 3.43. The van der Waals surface area contributed by atoms with Gasteiger partial charge < -0.3 is 19.4 Å². The number of benzene rings is 1. The van der Waals surface area contributed by atoms with Crippen LogP contribution in [0.2, 0.25) is 0 Å². The van der Waals surface area contributed by atoms with Gasteiger partial charge in [0, 0.05) is 18.3 Å². The van der Waals surface area contributed by atoms with Crippen molar-refractivity contribution in [1.29, 1.82) is 0 Å². The summed E-state index contributed by atoms with van der Waals surface area (Å²) in [5.74, 6) is -1.52. The van der Waals surface area contributed by atoms with Crippen molar-refractivity contribution in [3.8, 4) is 0 Å². The van der Waals surface area contributed by atoms with Gasteiger partial charge in [0.25, 0.3) is 11.8 Å². The van der Waals surface area contributed by atoms with Crippen LogP contribution in [0.1, 0.15) is 39.8 Å². The van der Waals surface area contributed by atoms with Crippen molar-refractivity contribution in [2.45, 2.75) is 26.3 Å². The van der Waals surface area contributed by atoms with E-state index in [1.807, 2.05) is 0 Å². The summed E-state index contributed by atoms with van der Waals surface area (Å²) < 4.78 is 33.6. The van der Waals surface area contributed by atoms with Crippen LogP contribution >= 0.6 is 0 Å². The van der Waals surface area contributed by atoms with E-state index < -0.39 is 40.3 Å². The van der Waals surface area contributed by atoms with Gasteiger partial charge in [-0.3, -0.25) is 9.59 Å². The molecule has 2 amide bonds. The maximum atomic E-state index is 12.5. The molecule has 9 nitrogen and oxygen atoms in total. The van der Waals surface area contributed by atoms with Crippen LogP contribution in [0.3, 0.4) is 0 Å². The normalized spacial score (nSPS) is 17.2. The number of furan rings is 1. The molecule has 0 aliphatic carbocycles. The predicted molar refractivity (Wildman–Crippen MR) is 113 cm³/mol. The molecular weight excluding hydrogens is 424 g/mol. The number of nitrogens with one attached hydrogen (secondary N) is 1. The maximum absolute atomic E-state index is 12.5. The molecule has 0 radical (unpaired) electrons. The number of carbonyl (C=O) groups excluding carboxylic acids is 3. The first-order valence-corrected chi connectivity index (χ1v) is 11.6. The first-order chi connectivity index (χ1) is 14.7. The summed E-state index contributed by atoms with van der Waals surface area (Å²) in [4.78, 5) is 38.6. The zero-order valence-electron chi connectivity index (χ0n) is 17.3. The average Bonchev–Trinajstić information content (AvgIpc) is 3.38. The third kappa shape index (κ3) is 5.52. The molecule has 1 aromatic heterocycles. The van der Waals surface area contributed by atoms with E-state index in [0.29, 0.717) is 18.7 Å². The highest BCUT2D eigenvalue weighted by molar-refractivity contribution is 7.91. The van der Waals surface area contributed by atoms with Gasteiger partial charge in [-0.05, 0) is 50.1 Å². The first kappa shape index (κ1) is 22.5. The van der Waals surface area contributed by atoms with Crippen molar-refractivity contribution in [3.05, 3.63) is 53.5 Å². The number of anilines is 1. The summed E-state index contributed by atoms with van der Waals surface area (Å²) >= 11 is 0. The smallest absolute Gasteiger partial charge is 0.338 e. The number of aryl methyl sites for hydroxylation is 1. The van der Waals surface area contributed by atoms with Crippen LogP contribution in [0, 0.1) is 6.92 Å². The van der Waals surface area contributed by atoms with E-state index >= 15 is 0 Å². The van der Waals surface area contributed by atoms with Crippen LogP contribution in [0.5, 0.6) is 0 Å². The van der Waals surface area contributed by atoms with Crippen LogP contribution in [0.4, 0.5) is 5.69 Å². The van der Waals surface area contributed by atoms with Crippen molar-refractivity contribution in [3.63, 3.8) is 0 Å². The highest BCUT2D eigenvalue weighted by Crippen LogP contribution is 2.20. The summed E-state index contributed by atoms with van der Waals surface area (Å²) in [6.45, 7) is 3.35. The van der Waals surface area contributed by atoms with Crippen molar-refractivity contribution in [2.75, 3.05) is 30.0 Å². The molecule has 0 saturated carbocycles. The summed E-state index contributed by atoms with van der Waals surface area (Å²) in [6.07, 6.45) is 1.76. The zero-order valence-corrected chi connectivity index (χ0v) is 18.1. The van der Waals surface area contributed by atoms with Crippen molar-refractivity contribution < 1.29 is 32.0 Å². The largest absolute Gasteiger partial charge is 0.459 e. The van der Waals surface area contributed by atoms with E-state index in [4.69, 9.17) is 9.15 Å². The minimum atomic E-state index is -3.14. The number of ether oxygens (including phenoxy) is 1. The molecule has 2 heterocycles. The van der Waals surface area contributed by atoms with E-state index in [1.165, 1.54) is 29.4 Å². The second-order valence-electron chi connectivity index (χ2n) is 7.27. The Morgan fingerprint density at radius 1 is 1.26 bits per heavy atom. The van der Waals surface area contributed by atoms with Gasteiger partial charge in [0.2, 0.25) is 0 Å². The number of carbonyl (C=O) groups is 3. The molecular formula is C21H24N2O7S. The third-order valence-electron chi connectivity index (χ3n) is 5.10. The molecule has 1 saturated heterocycles. The van der Waals surface area contributed by atoms with Crippen LogP contribution < -0.4 is 5.32 Å². The number of hydrogen-bond donors (Lipinski definition) is 1. The van der Waals surface area contributed by atoms with E-state index in [9.17, 15) is 22.8 Å². The van der Waals surface area contributed by atoms with Gasteiger partial charge in [0.15, 0.2) is 22.2 Å². The van der Waals surface area contributed by atoms with Gasteiger partial charge >= 0.3 is 5.97 Å². The Kier molecular flexibility index (Phi) is 6.79. The van der Waals surface area contributed by atoms with Gasteiger partial charge in [0.1, 0.15) is 0 Å². The molecule has 1 atom stereocenters. The molecule has 1 aliphatic rings. The summed E-state index contributed by atoms with van der Waals surface area (Å²) in [5, 5.41) is 2.67. The van der Waals surface area contributed by atoms with Crippen molar-refractivity contribution >= 4 is 33.3 Å². The second-order valence-corrected chi connectivity index (χ2v) is 9.50. The Bertz CT molecular complexity index is 1080. The number of sulfone groups is 1. The lowest BCUT2D eigenvalue weighted by atomic mass is 10.1. The zero-order chi connectivity index (χ0) is 22.6. The number of hydrogen-bond acceptors (Lipinski definition) is 7. The molecule has 10 heteroatoms. The molecule has 2 aromatic rings. The SMILES string of the molecule is CCN(C(=O)COC(=O)c1ccc(C)c(NC(=O)c2ccco2)c1)C1CCS(=O)(=O)C1. The molecule has 1 aromatic carbocycles. The molecule has 1 aliphatic heterocycles. The fraction of sp³-hybridized carbons (Fsp3) is 0.381. The predicted octanol–water partition coefficient (Wildman–Crippen LogP) is 2.03. The molecule has 1 fully saturated rings. The van der Waals surface area contributed by atoms with E-state index in [2.05, 4.69) is 5.32 Å². The first-order valence-electron chi connectivity index (χ1n) is 9.82. The molecule has 3 rings (SSSR count). The lowest BCUT2D eigenvalue weighted by molar-refractivity contribution is -0.136. The van der Waals surface area contributed by atoms with E-state index in [1.54, 1.807) is 26.0 Å². The Labute approximate surface area is 180 Å². The van der Waals surface area contributed by atoms with Crippen molar-refractivity contribution in [1.82, 2.24) is 4.90 Å². The molecule has 0 spiro atoms. The van der Waals surface area contributed by atoms with Gasteiger partial charge in [-0.1, -0.05) is 6.07 Å². The molecule has 166 valence electrons.